The molecule has 1 aliphatic heterocycles. The van der Waals surface area contributed by atoms with Crippen LogP contribution in [0.1, 0.15) is 22.3 Å². The van der Waals surface area contributed by atoms with Crippen molar-refractivity contribution < 1.29 is 4.79 Å². The van der Waals surface area contributed by atoms with E-state index < -0.39 is 0 Å². The number of nitrogens with zero attached hydrogens (tertiary/aromatic N) is 1. The Hall–Kier alpha value is -2.29. The number of hydrogen-bond acceptors (Lipinski definition) is 2. The summed E-state index contributed by atoms with van der Waals surface area (Å²) >= 11 is 0. The standard InChI is InChI=1S/C18H20N2O/c1-13-4-2-3-5-15(13)11-18(21)20-9-8-14-6-7-17(19)10-16(14)12-20/h2-7,10H,8-9,11-12,19H2,1H3. The van der Waals surface area contributed by atoms with Gasteiger partial charge in [0.1, 0.15) is 0 Å². The first-order chi connectivity index (χ1) is 10.1. The van der Waals surface area contributed by atoms with Crippen molar-refractivity contribution in [2.24, 2.45) is 0 Å². The van der Waals surface area contributed by atoms with Crippen LogP contribution in [-0.2, 0) is 24.2 Å². The molecule has 1 aliphatic rings. The lowest BCUT2D eigenvalue weighted by Gasteiger charge is -2.29. The number of fused-ring (bicyclic) bond motifs is 1. The Morgan fingerprint density at radius 1 is 1.19 bits per heavy atom. The van der Waals surface area contributed by atoms with Crippen molar-refractivity contribution in [3.05, 3.63) is 64.7 Å². The number of hydrogen-bond donors (Lipinski definition) is 1. The van der Waals surface area contributed by atoms with Gasteiger partial charge in [-0.25, -0.2) is 0 Å². The maximum atomic E-state index is 12.5. The van der Waals surface area contributed by atoms with Crippen LogP contribution in [0.3, 0.4) is 0 Å². The van der Waals surface area contributed by atoms with Crippen molar-refractivity contribution in [3.63, 3.8) is 0 Å². The molecule has 2 N–H and O–H groups in total. The lowest BCUT2D eigenvalue weighted by atomic mass is 9.98. The molecule has 0 radical (unpaired) electrons. The Bertz CT molecular complexity index is 679. The first-order valence-corrected chi connectivity index (χ1v) is 7.33. The van der Waals surface area contributed by atoms with Crippen LogP contribution in [0.2, 0.25) is 0 Å². The third-order valence-corrected chi connectivity index (χ3v) is 4.20. The van der Waals surface area contributed by atoms with E-state index in [1.54, 1.807) is 0 Å². The minimum Gasteiger partial charge on any atom is -0.399 e. The first kappa shape index (κ1) is 13.7. The zero-order chi connectivity index (χ0) is 14.8. The minimum atomic E-state index is 0.192. The van der Waals surface area contributed by atoms with E-state index in [0.717, 1.165) is 24.2 Å². The van der Waals surface area contributed by atoms with Crippen molar-refractivity contribution >= 4 is 11.6 Å². The topological polar surface area (TPSA) is 46.3 Å². The SMILES string of the molecule is Cc1ccccc1CC(=O)N1CCc2ccc(N)cc2C1. The molecule has 3 nitrogen and oxygen atoms in total. The second kappa shape index (κ2) is 5.60. The van der Waals surface area contributed by atoms with E-state index in [0.29, 0.717) is 13.0 Å². The number of amides is 1. The van der Waals surface area contributed by atoms with Crippen molar-refractivity contribution in [2.45, 2.75) is 26.3 Å². The summed E-state index contributed by atoms with van der Waals surface area (Å²) in [5.41, 5.74) is 11.4. The number of rotatable bonds is 2. The lowest BCUT2D eigenvalue weighted by Crippen LogP contribution is -2.37. The molecular weight excluding hydrogens is 260 g/mol. The molecule has 0 aliphatic carbocycles. The molecule has 0 unspecified atom stereocenters. The smallest absolute Gasteiger partial charge is 0.227 e. The average molecular weight is 280 g/mol. The summed E-state index contributed by atoms with van der Waals surface area (Å²) in [6, 6.07) is 14.1. The number of nitrogen functional groups attached to an aromatic ring is 1. The summed E-state index contributed by atoms with van der Waals surface area (Å²) in [7, 11) is 0. The number of carbonyl (C=O) groups is 1. The molecule has 2 aromatic rings. The lowest BCUT2D eigenvalue weighted by molar-refractivity contribution is -0.131. The van der Waals surface area contributed by atoms with Crippen LogP contribution in [-0.4, -0.2) is 17.4 Å². The minimum absolute atomic E-state index is 0.192. The van der Waals surface area contributed by atoms with Crippen molar-refractivity contribution in [1.82, 2.24) is 4.90 Å². The summed E-state index contributed by atoms with van der Waals surface area (Å²) in [6.07, 6.45) is 1.39. The monoisotopic (exact) mass is 280 g/mol. The molecule has 0 fully saturated rings. The van der Waals surface area contributed by atoms with E-state index >= 15 is 0 Å². The van der Waals surface area contributed by atoms with Gasteiger partial charge in [-0.3, -0.25) is 4.79 Å². The third-order valence-electron chi connectivity index (χ3n) is 4.20. The highest BCUT2D eigenvalue weighted by molar-refractivity contribution is 5.79. The van der Waals surface area contributed by atoms with E-state index in [2.05, 4.69) is 19.1 Å². The van der Waals surface area contributed by atoms with E-state index in [1.807, 2.05) is 35.2 Å². The molecule has 108 valence electrons. The van der Waals surface area contributed by atoms with Crippen LogP contribution >= 0.6 is 0 Å². The predicted octanol–water partition coefficient (Wildman–Crippen LogP) is 2.70. The first-order valence-electron chi connectivity index (χ1n) is 7.33. The maximum absolute atomic E-state index is 12.5. The molecule has 1 heterocycles. The largest absolute Gasteiger partial charge is 0.399 e. The van der Waals surface area contributed by atoms with E-state index in [4.69, 9.17) is 5.73 Å². The summed E-state index contributed by atoms with van der Waals surface area (Å²) in [5.74, 6) is 0.192. The van der Waals surface area contributed by atoms with Gasteiger partial charge in [0.2, 0.25) is 5.91 Å². The molecule has 0 bridgehead atoms. The van der Waals surface area contributed by atoms with Crippen molar-refractivity contribution in [1.29, 1.82) is 0 Å². The highest BCUT2D eigenvalue weighted by Crippen LogP contribution is 2.22. The second-order valence-electron chi connectivity index (χ2n) is 5.70. The summed E-state index contributed by atoms with van der Waals surface area (Å²) < 4.78 is 0. The van der Waals surface area contributed by atoms with Crippen molar-refractivity contribution in [3.8, 4) is 0 Å². The Morgan fingerprint density at radius 2 is 2.00 bits per heavy atom. The molecule has 0 spiro atoms. The molecule has 1 amide bonds. The van der Waals surface area contributed by atoms with Gasteiger partial charge in [0.25, 0.3) is 0 Å². The van der Waals surface area contributed by atoms with Gasteiger partial charge in [0.15, 0.2) is 0 Å². The molecule has 0 aromatic heterocycles. The number of anilines is 1. The number of benzene rings is 2. The molecular formula is C18H20N2O. The van der Waals surface area contributed by atoms with E-state index in [9.17, 15) is 4.79 Å². The van der Waals surface area contributed by atoms with Gasteiger partial charge in [-0.15, -0.1) is 0 Å². The van der Waals surface area contributed by atoms with Gasteiger partial charge in [0, 0.05) is 18.8 Å². The Kier molecular flexibility index (Phi) is 3.65. The second-order valence-corrected chi connectivity index (χ2v) is 5.70. The fourth-order valence-electron chi connectivity index (χ4n) is 2.87. The van der Waals surface area contributed by atoms with Crippen LogP contribution in [0.25, 0.3) is 0 Å². The molecule has 0 saturated carbocycles. The third kappa shape index (κ3) is 2.92. The Balaban J connectivity index is 1.74. The number of nitrogens with two attached hydrogens (primary N) is 1. The Morgan fingerprint density at radius 3 is 2.81 bits per heavy atom. The summed E-state index contributed by atoms with van der Waals surface area (Å²) in [6.45, 7) is 3.52. The van der Waals surface area contributed by atoms with E-state index in [1.165, 1.54) is 16.7 Å². The van der Waals surface area contributed by atoms with Gasteiger partial charge >= 0.3 is 0 Å². The predicted molar refractivity (Wildman–Crippen MR) is 84.9 cm³/mol. The molecule has 0 atom stereocenters. The van der Waals surface area contributed by atoms with Gasteiger partial charge < -0.3 is 10.6 Å². The normalized spacial score (nSPS) is 13.9. The zero-order valence-electron chi connectivity index (χ0n) is 12.3. The fourth-order valence-corrected chi connectivity index (χ4v) is 2.87. The van der Waals surface area contributed by atoms with Gasteiger partial charge in [-0.1, -0.05) is 30.3 Å². The molecule has 3 rings (SSSR count). The molecule has 2 aromatic carbocycles. The van der Waals surface area contributed by atoms with Gasteiger partial charge in [-0.05, 0) is 47.7 Å². The van der Waals surface area contributed by atoms with Crippen LogP contribution in [0, 0.1) is 6.92 Å². The molecule has 3 heteroatoms. The van der Waals surface area contributed by atoms with Gasteiger partial charge in [0.05, 0.1) is 6.42 Å². The Labute approximate surface area is 125 Å². The van der Waals surface area contributed by atoms with Crippen LogP contribution in [0.5, 0.6) is 0 Å². The maximum Gasteiger partial charge on any atom is 0.227 e. The van der Waals surface area contributed by atoms with Crippen LogP contribution < -0.4 is 5.73 Å². The molecule has 21 heavy (non-hydrogen) atoms. The summed E-state index contributed by atoms with van der Waals surface area (Å²) in [4.78, 5) is 14.4. The average Bonchev–Trinajstić information content (AvgIpc) is 2.48. The zero-order valence-corrected chi connectivity index (χ0v) is 12.3. The quantitative estimate of drug-likeness (QED) is 0.860. The summed E-state index contributed by atoms with van der Waals surface area (Å²) in [5, 5.41) is 0. The van der Waals surface area contributed by atoms with Gasteiger partial charge in [-0.2, -0.15) is 0 Å². The highest BCUT2D eigenvalue weighted by atomic mass is 16.2. The van der Waals surface area contributed by atoms with Crippen LogP contribution in [0.15, 0.2) is 42.5 Å². The van der Waals surface area contributed by atoms with Crippen molar-refractivity contribution in [2.75, 3.05) is 12.3 Å². The number of aryl methyl sites for hydroxylation is 1. The fraction of sp³-hybridized carbons (Fsp3) is 0.278. The molecule has 0 saturated heterocycles. The number of carbonyl (C=O) groups excluding carboxylic acids is 1. The van der Waals surface area contributed by atoms with Crippen LogP contribution in [0.4, 0.5) is 5.69 Å². The van der Waals surface area contributed by atoms with E-state index in [-0.39, 0.29) is 5.91 Å². The highest BCUT2D eigenvalue weighted by Gasteiger charge is 2.21.